The zero-order chi connectivity index (χ0) is 24.2. The molecule has 1 aliphatic heterocycles. The number of nitrogens with one attached hydrogen (secondary N) is 1. The lowest BCUT2D eigenvalue weighted by atomic mass is 10.1. The van der Waals surface area contributed by atoms with Crippen molar-refractivity contribution < 1.29 is 14.3 Å². The second-order valence-corrected chi connectivity index (χ2v) is 9.34. The first-order chi connectivity index (χ1) is 16.4. The minimum Gasteiger partial charge on any atom is -0.488 e. The first kappa shape index (κ1) is 23.8. The summed E-state index contributed by atoms with van der Waals surface area (Å²) >= 11 is 12.1. The molecule has 0 aliphatic carbocycles. The number of halogens is 2. The van der Waals surface area contributed by atoms with Gasteiger partial charge < -0.3 is 4.74 Å². The Morgan fingerprint density at radius 3 is 2.59 bits per heavy atom. The van der Waals surface area contributed by atoms with Crippen molar-refractivity contribution in [3.63, 3.8) is 0 Å². The predicted octanol–water partition coefficient (Wildman–Crippen LogP) is 5.49. The Morgan fingerprint density at radius 1 is 1.06 bits per heavy atom. The molecule has 3 aromatic rings. The third-order valence-corrected chi connectivity index (χ3v) is 6.35. The Balaban J connectivity index is 1.57. The number of carbonyl (C=O) groups is 2. The van der Waals surface area contributed by atoms with Gasteiger partial charge in [0.25, 0.3) is 11.8 Å². The zero-order valence-corrected chi connectivity index (χ0v) is 21.4. The van der Waals surface area contributed by atoms with Crippen LogP contribution in [0.15, 0.2) is 81.2 Å². The summed E-state index contributed by atoms with van der Waals surface area (Å²) in [5.41, 5.74) is 2.44. The van der Waals surface area contributed by atoms with Crippen molar-refractivity contribution in [2.45, 2.75) is 6.61 Å². The topological polar surface area (TPSA) is 82.4 Å². The van der Waals surface area contributed by atoms with Crippen LogP contribution in [0.3, 0.4) is 0 Å². The van der Waals surface area contributed by atoms with Crippen molar-refractivity contribution >= 4 is 72.8 Å². The van der Waals surface area contributed by atoms with Crippen LogP contribution >= 0.6 is 44.1 Å². The maximum Gasteiger partial charge on any atom is 0.270 e. The van der Waals surface area contributed by atoms with Gasteiger partial charge in [-0.15, -0.1) is 0 Å². The zero-order valence-electron chi connectivity index (χ0n) is 17.4. The second kappa shape index (κ2) is 10.3. The molecule has 6 nitrogen and oxygen atoms in total. The second-order valence-electron chi connectivity index (χ2n) is 7.19. The van der Waals surface area contributed by atoms with Crippen molar-refractivity contribution in [1.82, 2.24) is 5.32 Å². The van der Waals surface area contributed by atoms with Crippen molar-refractivity contribution in [2.24, 2.45) is 0 Å². The van der Waals surface area contributed by atoms with Gasteiger partial charge in [-0.05, 0) is 76.2 Å². The molecule has 0 aromatic heterocycles. The van der Waals surface area contributed by atoms with E-state index in [0.717, 1.165) is 10.0 Å². The average Bonchev–Trinajstić information content (AvgIpc) is 2.81. The molecule has 1 fully saturated rings. The van der Waals surface area contributed by atoms with Crippen LogP contribution < -0.4 is 15.0 Å². The van der Waals surface area contributed by atoms with Crippen LogP contribution in [-0.2, 0) is 16.2 Å². The first-order valence-corrected chi connectivity index (χ1v) is 11.9. The van der Waals surface area contributed by atoms with E-state index < -0.39 is 11.8 Å². The summed E-state index contributed by atoms with van der Waals surface area (Å²) in [7, 11) is 0. The highest BCUT2D eigenvalue weighted by Gasteiger charge is 2.34. The quantitative estimate of drug-likeness (QED) is 0.239. The third kappa shape index (κ3) is 5.09. The number of anilines is 1. The Kier molecular flexibility index (Phi) is 7.22. The highest BCUT2D eigenvalue weighted by Crippen LogP contribution is 2.29. The molecule has 9 heteroatoms. The molecule has 168 valence electrons. The summed E-state index contributed by atoms with van der Waals surface area (Å²) in [6.45, 7) is 0.225. The monoisotopic (exact) mass is 595 g/mol. The lowest BCUT2D eigenvalue weighted by Gasteiger charge is -2.29. The molecule has 2 amide bonds. The van der Waals surface area contributed by atoms with Crippen LogP contribution in [0.25, 0.3) is 6.08 Å². The fraction of sp³-hybridized carbons (Fsp3) is 0.0400. The van der Waals surface area contributed by atoms with E-state index in [-0.39, 0.29) is 17.3 Å². The largest absolute Gasteiger partial charge is 0.488 e. The van der Waals surface area contributed by atoms with Gasteiger partial charge in [0.05, 0.1) is 21.8 Å². The molecule has 1 saturated heterocycles. The first-order valence-electron chi connectivity index (χ1n) is 9.95. The number of nitriles is 1. The summed E-state index contributed by atoms with van der Waals surface area (Å²) in [4.78, 5) is 27.0. The number of rotatable bonds is 5. The molecule has 4 rings (SSSR count). The average molecular weight is 597 g/mol. The van der Waals surface area contributed by atoms with Gasteiger partial charge in [-0.2, -0.15) is 5.26 Å². The minimum atomic E-state index is -0.564. The third-order valence-electron chi connectivity index (χ3n) is 4.96. The number of nitrogens with zero attached hydrogens (tertiary/aromatic N) is 2. The molecule has 0 bridgehead atoms. The van der Waals surface area contributed by atoms with Gasteiger partial charge in [0.1, 0.15) is 17.9 Å². The summed E-state index contributed by atoms with van der Waals surface area (Å²) in [6.07, 6.45) is 1.50. The van der Waals surface area contributed by atoms with Gasteiger partial charge in [-0.3, -0.25) is 19.8 Å². The minimum absolute atomic E-state index is 0.0211. The van der Waals surface area contributed by atoms with E-state index in [0.29, 0.717) is 27.0 Å². The van der Waals surface area contributed by atoms with Crippen LogP contribution in [0, 0.1) is 11.3 Å². The van der Waals surface area contributed by atoms with E-state index in [9.17, 15) is 14.9 Å². The maximum atomic E-state index is 13.2. The number of hydrogen-bond acceptors (Lipinski definition) is 5. The van der Waals surface area contributed by atoms with E-state index in [1.165, 1.54) is 11.0 Å². The summed E-state index contributed by atoms with van der Waals surface area (Å²) in [6, 6.07) is 21.7. The highest BCUT2D eigenvalue weighted by molar-refractivity contribution is 9.10. The number of ether oxygens (including phenoxy) is 1. The van der Waals surface area contributed by atoms with E-state index in [1.807, 2.05) is 18.2 Å². The van der Waals surface area contributed by atoms with Crippen LogP contribution in [0.4, 0.5) is 5.69 Å². The molecule has 0 atom stereocenters. The van der Waals surface area contributed by atoms with Crippen LogP contribution in [0.2, 0.25) is 0 Å². The molecule has 0 unspecified atom stereocenters. The SMILES string of the molecule is N#Cc1ccccc1COc1ccc(/C=C2\C(=O)NC(=S)N(c3cccc(Br)c3)C2=O)cc1Br. The van der Waals surface area contributed by atoms with Crippen LogP contribution in [0.1, 0.15) is 16.7 Å². The van der Waals surface area contributed by atoms with Crippen molar-refractivity contribution in [1.29, 1.82) is 5.26 Å². The molecule has 1 heterocycles. The Bertz CT molecular complexity index is 1400. The molecular weight excluding hydrogens is 582 g/mol. The standard InChI is InChI=1S/C25H15Br2N3O3S/c26-18-6-3-7-19(12-18)30-24(32)20(23(31)29-25(30)34)10-15-8-9-22(21(27)11-15)33-14-17-5-2-1-4-16(17)13-28/h1-12H,14H2,(H,29,31,34)/b20-10+. The molecule has 34 heavy (non-hydrogen) atoms. The highest BCUT2D eigenvalue weighted by atomic mass is 79.9. The molecule has 1 aliphatic rings. The number of benzene rings is 3. The fourth-order valence-electron chi connectivity index (χ4n) is 3.31. The number of hydrogen-bond donors (Lipinski definition) is 1. The van der Waals surface area contributed by atoms with Crippen molar-refractivity contribution in [3.8, 4) is 11.8 Å². The predicted molar refractivity (Wildman–Crippen MR) is 140 cm³/mol. The molecule has 3 aromatic carbocycles. The van der Waals surface area contributed by atoms with E-state index in [4.69, 9.17) is 17.0 Å². The molecule has 0 saturated carbocycles. The lowest BCUT2D eigenvalue weighted by molar-refractivity contribution is -0.122. The van der Waals surface area contributed by atoms with Crippen LogP contribution in [-0.4, -0.2) is 16.9 Å². The Labute approximate surface area is 218 Å². The van der Waals surface area contributed by atoms with Gasteiger partial charge in [-0.25, -0.2) is 0 Å². The molecular formula is C25H15Br2N3O3S. The van der Waals surface area contributed by atoms with Gasteiger partial charge in [0.2, 0.25) is 0 Å². The van der Waals surface area contributed by atoms with Crippen molar-refractivity contribution in [2.75, 3.05) is 4.90 Å². The summed E-state index contributed by atoms with van der Waals surface area (Å²) in [5, 5.41) is 11.8. The van der Waals surface area contributed by atoms with Crippen LogP contribution in [0.5, 0.6) is 5.75 Å². The number of amides is 2. The summed E-state index contributed by atoms with van der Waals surface area (Å²) in [5.74, 6) is -0.520. The maximum absolute atomic E-state index is 13.2. The lowest BCUT2D eigenvalue weighted by Crippen LogP contribution is -2.54. The molecule has 1 N–H and O–H groups in total. The van der Waals surface area contributed by atoms with Gasteiger partial charge in [0, 0.05) is 10.0 Å². The van der Waals surface area contributed by atoms with Gasteiger partial charge in [-0.1, -0.05) is 46.3 Å². The van der Waals surface area contributed by atoms with E-state index in [2.05, 4.69) is 43.2 Å². The number of thiocarbonyl (C=S) groups is 1. The van der Waals surface area contributed by atoms with E-state index in [1.54, 1.807) is 48.5 Å². The molecule has 0 radical (unpaired) electrons. The Hall–Kier alpha value is -3.32. The Morgan fingerprint density at radius 2 is 1.85 bits per heavy atom. The fourth-order valence-corrected chi connectivity index (χ4v) is 4.49. The van der Waals surface area contributed by atoms with Gasteiger partial charge >= 0.3 is 0 Å². The normalized spacial score (nSPS) is 14.7. The summed E-state index contributed by atoms with van der Waals surface area (Å²) < 4.78 is 7.27. The number of carbonyl (C=O) groups excluding carboxylic acids is 2. The molecule has 0 spiro atoms. The smallest absolute Gasteiger partial charge is 0.270 e. The van der Waals surface area contributed by atoms with E-state index >= 15 is 0 Å². The van der Waals surface area contributed by atoms with Crippen molar-refractivity contribution in [3.05, 3.63) is 97.9 Å². The van der Waals surface area contributed by atoms with Gasteiger partial charge in [0.15, 0.2) is 5.11 Å².